The molecule has 4 fully saturated rings. The minimum atomic E-state index is -0.657. The molecule has 0 unspecified atom stereocenters. The van der Waals surface area contributed by atoms with E-state index in [2.05, 4.69) is 4.98 Å². The number of nitrogens with zero attached hydrogens (tertiary/aromatic N) is 2. The molecule has 0 saturated heterocycles. The molecule has 2 aromatic rings. The lowest BCUT2D eigenvalue weighted by Gasteiger charge is -2.54. The number of nitrogens with one attached hydrogen (secondary N) is 1. The third-order valence-electron chi connectivity index (χ3n) is 6.61. The standard InChI is InChI=1S/C21H23N3O3/c25-18-17(19(26)24(20(27)23-18)16-4-2-1-3-5-16)12-22-21-9-13-6-14(10-21)8-15(7-13)11-21/h1-5,12-15,26H,6-11H2,(H,23,25,27). The van der Waals surface area contributed by atoms with Gasteiger partial charge in [-0.05, 0) is 68.4 Å². The first-order valence-electron chi connectivity index (χ1n) is 9.72. The van der Waals surface area contributed by atoms with Gasteiger partial charge in [0.05, 0.1) is 11.2 Å². The van der Waals surface area contributed by atoms with Crippen LogP contribution in [-0.4, -0.2) is 26.4 Å². The number of hydrogen-bond donors (Lipinski definition) is 2. The molecule has 4 saturated carbocycles. The van der Waals surface area contributed by atoms with Crippen LogP contribution in [-0.2, 0) is 0 Å². The van der Waals surface area contributed by atoms with Gasteiger partial charge in [-0.1, -0.05) is 18.2 Å². The van der Waals surface area contributed by atoms with Gasteiger partial charge in [0.2, 0.25) is 5.88 Å². The molecule has 0 atom stereocenters. The molecule has 27 heavy (non-hydrogen) atoms. The Morgan fingerprint density at radius 1 is 1.04 bits per heavy atom. The van der Waals surface area contributed by atoms with E-state index in [0.29, 0.717) is 5.69 Å². The molecule has 0 radical (unpaired) electrons. The highest BCUT2D eigenvalue weighted by Crippen LogP contribution is 2.57. The van der Waals surface area contributed by atoms with Gasteiger partial charge in [-0.2, -0.15) is 0 Å². The summed E-state index contributed by atoms with van der Waals surface area (Å²) >= 11 is 0. The third kappa shape index (κ3) is 2.74. The average Bonchev–Trinajstić information content (AvgIpc) is 2.61. The average molecular weight is 365 g/mol. The highest BCUT2D eigenvalue weighted by atomic mass is 16.3. The van der Waals surface area contributed by atoms with E-state index in [1.807, 2.05) is 6.07 Å². The van der Waals surface area contributed by atoms with Crippen LogP contribution in [0.25, 0.3) is 5.69 Å². The first-order valence-corrected chi connectivity index (χ1v) is 9.72. The third-order valence-corrected chi connectivity index (χ3v) is 6.61. The molecule has 4 aliphatic rings. The number of aromatic nitrogens is 2. The van der Waals surface area contributed by atoms with Crippen LogP contribution in [0.1, 0.15) is 44.1 Å². The second kappa shape index (κ2) is 5.94. The van der Waals surface area contributed by atoms with Crippen molar-refractivity contribution in [1.29, 1.82) is 0 Å². The van der Waals surface area contributed by atoms with Crippen molar-refractivity contribution in [2.24, 2.45) is 22.7 Å². The van der Waals surface area contributed by atoms with E-state index in [4.69, 9.17) is 4.99 Å². The molecule has 1 heterocycles. The van der Waals surface area contributed by atoms with Crippen LogP contribution in [0.3, 0.4) is 0 Å². The summed E-state index contributed by atoms with van der Waals surface area (Å²) in [5, 5.41) is 10.7. The van der Waals surface area contributed by atoms with Crippen LogP contribution < -0.4 is 11.2 Å². The van der Waals surface area contributed by atoms with Gasteiger partial charge in [0, 0.05) is 6.21 Å². The molecule has 140 valence electrons. The quantitative estimate of drug-likeness (QED) is 0.820. The van der Waals surface area contributed by atoms with Crippen LogP contribution in [0.15, 0.2) is 44.9 Å². The molecule has 4 bridgehead atoms. The zero-order chi connectivity index (χ0) is 18.6. The summed E-state index contributed by atoms with van der Waals surface area (Å²) < 4.78 is 1.11. The van der Waals surface area contributed by atoms with Crippen molar-refractivity contribution in [3.05, 3.63) is 56.7 Å². The number of aromatic hydroxyl groups is 1. The number of aromatic amines is 1. The molecular formula is C21H23N3O3. The Morgan fingerprint density at radius 3 is 2.22 bits per heavy atom. The second-order valence-corrected chi connectivity index (χ2v) is 8.57. The summed E-state index contributed by atoms with van der Waals surface area (Å²) in [5.41, 5.74) is -0.801. The van der Waals surface area contributed by atoms with Crippen molar-refractivity contribution in [2.75, 3.05) is 0 Å². The Hall–Kier alpha value is -2.63. The maximum absolute atomic E-state index is 12.3. The number of rotatable bonds is 3. The van der Waals surface area contributed by atoms with Crippen molar-refractivity contribution >= 4 is 6.21 Å². The number of benzene rings is 1. The van der Waals surface area contributed by atoms with Crippen molar-refractivity contribution in [2.45, 2.75) is 44.1 Å². The normalized spacial score (nSPS) is 31.6. The molecule has 2 N–H and O–H groups in total. The second-order valence-electron chi connectivity index (χ2n) is 8.57. The zero-order valence-corrected chi connectivity index (χ0v) is 15.1. The number of para-hydroxylation sites is 1. The van der Waals surface area contributed by atoms with Crippen LogP contribution in [0, 0.1) is 17.8 Å². The van der Waals surface area contributed by atoms with E-state index < -0.39 is 11.2 Å². The number of aliphatic imine (C=N–C) groups is 1. The van der Waals surface area contributed by atoms with Crippen LogP contribution in [0.4, 0.5) is 0 Å². The van der Waals surface area contributed by atoms with E-state index in [1.165, 1.54) is 25.5 Å². The molecule has 0 aliphatic heterocycles. The van der Waals surface area contributed by atoms with Crippen LogP contribution in [0.5, 0.6) is 5.88 Å². The predicted octanol–water partition coefficient (Wildman–Crippen LogP) is 2.62. The van der Waals surface area contributed by atoms with Crippen LogP contribution >= 0.6 is 0 Å². The lowest BCUT2D eigenvalue weighted by Crippen LogP contribution is -2.49. The lowest BCUT2D eigenvalue weighted by atomic mass is 9.53. The molecule has 0 spiro atoms. The molecular weight excluding hydrogens is 342 g/mol. The molecule has 0 amide bonds. The molecule has 6 heteroatoms. The SMILES string of the molecule is O=c1[nH]c(=O)n(-c2ccccc2)c(O)c1C=NC12CC3CC(CC(C3)C1)C2. The van der Waals surface area contributed by atoms with E-state index in [-0.39, 0.29) is 17.0 Å². The molecule has 1 aromatic carbocycles. The van der Waals surface area contributed by atoms with E-state index >= 15 is 0 Å². The Morgan fingerprint density at radius 2 is 1.63 bits per heavy atom. The summed E-state index contributed by atoms with van der Waals surface area (Å²) in [7, 11) is 0. The first-order chi connectivity index (χ1) is 13.0. The first kappa shape index (κ1) is 16.5. The fraction of sp³-hybridized carbons (Fsp3) is 0.476. The monoisotopic (exact) mass is 365 g/mol. The molecule has 6 nitrogen and oxygen atoms in total. The Balaban J connectivity index is 1.55. The van der Waals surface area contributed by atoms with Gasteiger partial charge in [-0.3, -0.25) is 14.8 Å². The van der Waals surface area contributed by atoms with Crippen molar-refractivity contribution in [1.82, 2.24) is 9.55 Å². The van der Waals surface area contributed by atoms with Gasteiger partial charge in [0.25, 0.3) is 5.56 Å². The predicted molar refractivity (Wildman–Crippen MR) is 103 cm³/mol. The Labute approximate surface area is 156 Å². The minimum Gasteiger partial charge on any atom is -0.493 e. The lowest BCUT2D eigenvalue weighted by molar-refractivity contribution is 0.00194. The number of hydrogen-bond acceptors (Lipinski definition) is 4. The van der Waals surface area contributed by atoms with Gasteiger partial charge in [-0.25, -0.2) is 9.36 Å². The highest BCUT2D eigenvalue weighted by molar-refractivity contribution is 5.82. The molecule has 6 rings (SSSR count). The summed E-state index contributed by atoms with van der Waals surface area (Å²) in [5.74, 6) is 1.89. The largest absolute Gasteiger partial charge is 0.493 e. The molecule has 1 aromatic heterocycles. The fourth-order valence-corrected chi connectivity index (χ4v) is 5.90. The van der Waals surface area contributed by atoms with E-state index in [9.17, 15) is 14.7 Å². The Kier molecular flexibility index (Phi) is 3.64. The van der Waals surface area contributed by atoms with E-state index in [0.717, 1.165) is 41.6 Å². The summed E-state index contributed by atoms with van der Waals surface area (Å²) in [6.07, 6.45) is 8.68. The molecule has 4 aliphatic carbocycles. The number of H-pyrrole nitrogens is 1. The van der Waals surface area contributed by atoms with Gasteiger partial charge >= 0.3 is 5.69 Å². The van der Waals surface area contributed by atoms with Crippen molar-refractivity contribution in [3.8, 4) is 11.6 Å². The van der Waals surface area contributed by atoms with Crippen molar-refractivity contribution in [3.63, 3.8) is 0 Å². The zero-order valence-electron chi connectivity index (χ0n) is 15.1. The fourth-order valence-electron chi connectivity index (χ4n) is 5.90. The van der Waals surface area contributed by atoms with Crippen LogP contribution in [0.2, 0.25) is 0 Å². The van der Waals surface area contributed by atoms with Gasteiger partial charge < -0.3 is 5.11 Å². The Bertz CT molecular complexity index is 984. The van der Waals surface area contributed by atoms with Gasteiger partial charge in [0.15, 0.2) is 0 Å². The van der Waals surface area contributed by atoms with Gasteiger partial charge in [0.1, 0.15) is 5.56 Å². The topological polar surface area (TPSA) is 87.5 Å². The van der Waals surface area contributed by atoms with Gasteiger partial charge in [-0.15, -0.1) is 0 Å². The highest BCUT2D eigenvalue weighted by Gasteiger charge is 2.50. The smallest absolute Gasteiger partial charge is 0.335 e. The minimum absolute atomic E-state index is 0.0502. The summed E-state index contributed by atoms with van der Waals surface area (Å²) in [6.45, 7) is 0. The maximum Gasteiger partial charge on any atom is 0.335 e. The van der Waals surface area contributed by atoms with Crippen molar-refractivity contribution < 1.29 is 5.11 Å². The maximum atomic E-state index is 12.3. The summed E-state index contributed by atoms with van der Waals surface area (Å²) in [4.78, 5) is 31.7. The van der Waals surface area contributed by atoms with E-state index in [1.54, 1.807) is 24.3 Å². The summed E-state index contributed by atoms with van der Waals surface area (Å²) in [6, 6.07) is 8.79.